The number of aryl methyl sites for hydroxylation is 1. The summed E-state index contributed by atoms with van der Waals surface area (Å²) in [6, 6.07) is 5.93. The lowest BCUT2D eigenvalue weighted by Crippen LogP contribution is -2.45. The molecule has 0 atom stereocenters. The van der Waals surface area contributed by atoms with E-state index in [2.05, 4.69) is 16.8 Å². The molecule has 1 aromatic rings. The first-order valence-corrected chi connectivity index (χ1v) is 6.55. The van der Waals surface area contributed by atoms with Crippen molar-refractivity contribution in [2.24, 2.45) is 0 Å². The van der Waals surface area contributed by atoms with Crippen LogP contribution in [0.1, 0.15) is 5.56 Å². The number of nitrogens with two attached hydrogens (primary N) is 1. The minimum atomic E-state index is 0.705. The van der Waals surface area contributed by atoms with Crippen LogP contribution < -0.4 is 10.5 Å². The maximum Gasteiger partial charge on any atom is 0.142 e. The number of piperazine rings is 1. The van der Waals surface area contributed by atoms with E-state index in [4.69, 9.17) is 10.5 Å². The van der Waals surface area contributed by atoms with E-state index in [0.717, 1.165) is 44.2 Å². The number of rotatable bonds is 4. The van der Waals surface area contributed by atoms with Crippen LogP contribution in [-0.4, -0.2) is 56.2 Å². The molecule has 1 fully saturated rings. The van der Waals surface area contributed by atoms with Gasteiger partial charge in [-0.15, -0.1) is 0 Å². The summed E-state index contributed by atoms with van der Waals surface area (Å²) in [5.74, 6) is 0.801. The minimum Gasteiger partial charge on any atom is -0.490 e. The van der Waals surface area contributed by atoms with Crippen molar-refractivity contribution in [1.29, 1.82) is 0 Å². The molecule has 0 aliphatic carbocycles. The largest absolute Gasteiger partial charge is 0.490 e. The van der Waals surface area contributed by atoms with Crippen molar-refractivity contribution >= 4 is 5.69 Å². The summed E-state index contributed by atoms with van der Waals surface area (Å²) in [5, 5.41) is 0. The van der Waals surface area contributed by atoms with Crippen molar-refractivity contribution < 1.29 is 4.74 Å². The number of nitrogen functional groups attached to an aromatic ring is 1. The lowest BCUT2D eigenvalue weighted by molar-refractivity contribution is 0.134. The van der Waals surface area contributed by atoms with Gasteiger partial charge < -0.3 is 15.4 Å². The summed E-state index contributed by atoms with van der Waals surface area (Å²) in [4.78, 5) is 4.79. The first kappa shape index (κ1) is 13.2. The Hall–Kier alpha value is -1.26. The molecule has 1 heterocycles. The lowest BCUT2D eigenvalue weighted by Gasteiger charge is -2.32. The van der Waals surface area contributed by atoms with Gasteiger partial charge in [0, 0.05) is 32.7 Å². The molecule has 4 nitrogen and oxygen atoms in total. The Morgan fingerprint density at radius 1 is 1.22 bits per heavy atom. The van der Waals surface area contributed by atoms with E-state index in [1.54, 1.807) is 0 Å². The number of anilines is 1. The summed E-state index contributed by atoms with van der Waals surface area (Å²) in [6.45, 7) is 8.26. The molecule has 100 valence electrons. The maximum absolute atomic E-state index is 5.91. The van der Waals surface area contributed by atoms with Crippen LogP contribution in [0.5, 0.6) is 5.75 Å². The van der Waals surface area contributed by atoms with Gasteiger partial charge >= 0.3 is 0 Å². The highest BCUT2D eigenvalue weighted by Gasteiger charge is 2.13. The van der Waals surface area contributed by atoms with Crippen molar-refractivity contribution in [3.05, 3.63) is 23.8 Å². The molecule has 0 saturated carbocycles. The van der Waals surface area contributed by atoms with Crippen LogP contribution >= 0.6 is 0 Å². The van der Waals surface area contributed by atoms with Crippen molar-refractivity contribution in [1.82, 2.24) is 9.80 Å². The number of hydrogen-bond donors (Lipinski definition) is 1. The first-order valence-electron chi connectivity index (χ1n) is 6.55. The third-order valence-electron chi connectivity index (χ3n) is 3.43. The van der Waals surface area contributed by atoms with Gasteiger partial charge in [0.25, 0.3) is 0 Å². The Labute approximate surface area is 109 Å². The smallest absolute Gasteiger partial charge is 0.142 e. The quantitative estimate of drug-likeness (QED) is 0.814. The van der Waals surface area contributed by atoms with Gasteiger partial charge in [0.2, 0.25) is 0 Å². The summed E-state index contributed by atoms with van der Waals surface area (Å²) < 4.78 is 5.74. The highest BCUT2D eigenvalue weighted by molar-refractivity contribution is 5.53. The van der Waals surface area contributed by atoms with Crippen molar-refractivity contribution in [3.8, 4) is 5.75 Å². The molecule has 2 N–H and O–H groups in total. The van der Waals surface area contributed by atoms with E-state index in [0.29, 0.717) is 6.61 Å². The highest BCUT2D eigenvalue weighted by Crippen LogP contribution is 2.21. The van der Waals surface area contributed by atoms with Crippen molar-refractivity contribution in [2.45, 2.75) is 6.92 Å². The Morgan fingerprint density at radius 3 is 2.61 bits per heavy atom. The van der Waals surface area contributed by atoms with Gasteiger partial charge in [-0.3, -0.25) is 4.90 Å². The molecule has 0 unspecified atom stereocenters. The fourth-order valence-electron chi connectivity index (χ4n) is 2.16. The zero-order valence-electron chi connectivity index (χ0n) is 11.4. The van der Waals surface area contributed by atoms with Crippen LogP contribution in [-0.2, 0) is 0 Å². The molecule has 1 aromatic carbocycles. The molecule has 0 radical (unpaired) electrons. The van der Waals surface area contributed by atoms with Gasteiger partial charge in [-0.25, -0.2) is 0 Å². The van der Waals surface area contributed by atoms with Crippen LogP contribution in [0, 0.1) is 6.92 Å². The zero-order chi connectivity index (χ0) is 13.0. The van der Waals surface area contributed by atoms with Gasteiger partial charge in [0.05, 0.1) is 5.69 Å². The number of ether oxygens (including phenoxy) is 1. The molecule has 2 rings (SSSR count). The monoisotopic (exact) mass is 249 g/mol. The molecule has 0 spiro atoms. The molecule has 1 saturated heterocycles. The third kappa shape index (κ3) is 3.62. The van der Waals surface area contributed by atoms with Gasteiger partial charge in [-0.1, -0.05) is 6.07 Å². The van der Waals surface area contributed by atoms with Gasteiger partial charge in [-0.05, 0) is 31.7 Å². The summed E-state index contributed by atoms with van der Waals surface area (Å²) in [6.07, 6.45) is 0. The van der Waals surface area contributed by atoms with Crippen LogP contribution in [0.3, 0.4) is 0 Å². The number of benzene rings is 1. The Bertz CT molecular complexity index is 387. The van der Waals surface area contributed by atoms with Crippen molar-refractivity contribution in [2.75, 3.05) is 52.1 Å². The average Bonchev–Trinajstić information content (AvgIpc) is 2.34. The Balaban J connectivity index is 1.75. The molecule has 0 aromatic heterocycles. The first-order chi connectivity index (χ1) is 8.65. The van der Waals surface area contributed by atoms with Crippen LogP contribution in [0.15, 0.2) is 18.2 Å². The van der Waals surface area contributed by atoms with E-state index in [1.807, 2.05) is 25.1 Å². The van der Waals surface area contributed by atoms with Crippen LogP contribution in [0.2, 0.25) is 0 Å². The molecular weight excluding hydrogens is 226 g/mol. The second-order valence-corrected chi connectivity index (χ2v) is 5.03. The summed E-state index contributed by atoms with van der Waals surface area (Å²) in [5.41, 5.74) is 7.81. The predicted octanol–water partition coefficient (Wildman–Crippen LogP) is 1.20. The SMILES string of the molecule is Cc1ccc(OCCN2CCN(C)CC2)c(N)c1. The van der Waals surface area contributed by atoms with E-state index in [9.17, 15) is 0 Å². The minimum absolute atomic E-state index is 0.705. The van der Waals surface area contributed by atoms with Gasteiger partial charge in [0.1, 0.15) is 12.4 Å². The molecule has 0 bridgehead atoms. The molecule has 0 amide bonds. The standard InChI is InChI=1S/C14H23N3O/c1-12-3-4-14(13(15)11-12)18-10-9-17-7-5-16(2)6-8-17/h3-4,11H,5-10,15H2,1-2H3. The fourth-order valence-corrected chi connectivity index (χ4v) is 2.16. The summed E-state index contributed by atoms with van der Waals surface area (Å²) in [7, 11) is 2.17. The normalized spacial score (nSPS) is 17.9. The zero-order valence-corrected chi connectivity index (χ0v) is 11.4. The predicted molar refractivity (Wildman–Crippen MR) is 75.0 cm³/mol. The molecule has 18 heavy (non-hydrogen) atoms. The van der Waals surface area contributed by atoms with Crippen LogP contribution in [0.4, 0.5) is 5.69 Å². The van der Waals surface area contributed by atoms with Gasteiger partial charge in [0.15, 0.2) is 0 Å². The molecular formula is C14H23N3O. The van der Waals surface area contributed by atoms with E-state index in [1.165, 1.54) is 5.56 Å². The highest BCUT2D eigenvalue weighted by atomic mass is 16.5. The molecule has 4 heteroatoms. The van der Waals surface area contributed by atoms with E-state index in [-0.39, 0.29) is 0 Å². The average molecular weight is 249 g/mol. The Kier molecular flexibility index (Phi) is 4.44. The third-order valence-corrected chi connectivity index (χ3v) is 3.43. The number of hydrogen-bond acceptors (Lipinski definition) is 4. The second-order valence-electron chi connectivity index (χ2n) is 5.03. The summed E-state index contributed by atoms with van der Waals surface area (Å²) >= 11 is 0. The maximum atomic E-state index is 5.91. The van der Waals surface area contributed by atoms with E-state index >= 15 is 0 Å². The van der Waals surface area contributed by atoms with Crippen LogP contribution in [0.25, 0.3) is 0 Å². The van der Waals surface area contributed by atoms with Crippen molar-refractivity contribution in [3.63, 3.8) is 0 Å². The second kappa shape index (κ2) is 6.07. The number of likely N-dealkylation sites (N-methyl/N-ethyl adjacent to an activating group) is 1. The van der Waals surface area contributed by atoms with E-state index < -0.39 is 0 Å². The number of nitrogens with zero attached hydrogens (tertiary/aromatic N) is 2. The lowest BCUT2D eigenvalue weighted by atomic mass is 10.2. The van der Waals surface area contributed by atoms with Gasteiger partial charge in [-0.2, -0.15) is 0 Å². The Morgan fingerprint density at radius 2 is 1.94 bits per heavy atom. The molecule has 1 aliphatic heterocycles. The topological polar surface area (TPSA) is 41.7 Å². The molecule has 1 aliphatic rings. The fraction of sp³-hybridized carbons (Fsp3) is 0.571.